The fraction of sp³-hybridized carbons (Fsp3) is 0.167. The molecule has 0 aliphatic carbocycles. The molecule has 3 N–H and O–H groups in total. The van der Waals surface area contributed by atoms with Crippen molar-refractivity contribution in [2.75, 3.05) is 12.4 Å². The van der Waals surface area contributed by atoms with Crippen molar-refractivity contribution in [1.29, 1.82) is 0 Å². The lowest BCUT2D eigenvalue weighted by atomic mass is 10.3. The van der Waals surface area contributed by atoms with Gasteiger partial charge in [0.05, 0.1) is 7.11 Å². The molecule has 0 bridgehead atoms. The second kappa shape index (κ2) is 6.11. The van der Waals surface area contributed by atoms with Gasteiger partial charge in [-0.1, -0.05) is 12.2 Å². The summed E-state index contributed by atoms with van der Waals surface area (Å²) in [5, 5.41) is 6.71. The van der Waals surface area contributed by atoms with Crippen molar-refractivity contribution < 1.29 is 9.53 Å². The van der Waals surface area contributed by atoms with E-state index in [0.29, 0.717) is 5.69 Å². The molecule has 0 saturated heterocycles. The molecule has 2 aromatic rings. The van der Waals surface area contributed by atoms with Gasteiger partial charge in [0, 0.05) is 5.69 Å². The number of hydrogen-bond donors (Lipinski definition) is 2. The van der Waals surface area contributed by atoms with Crippen LogP contribution in [0.4, 0.5) is 5.69 Å². The van der Waals surface area contributed by atoms with E-state index < -0.39 is 0 Å². The number of anilines is 1. The molecule has 0 aliphatic rings. The number of thiocarbonyl (C=S) groups is 1. The Labute approximate surface area is 120 Å². The van der Waals surface area contributed by atoms with E-state index in [1.165, 1.54) is 11.0 Å². The standard InChI is InChI=1S/C12H13N5O2S/c1-19-9-4-2-8(3-5-9)15-10(18)6-17-7-14-12(16-17)11(13)20/h2-5,7H,6H2,1H3,(H2,13,20)(H,15,18). The molecule has 1 amide bonds. The Balaban J connectivity index is 1.95. The largest absolute Gasteiger partial charge is 0.497 e. The zero-order valence-electron chi connectivity index (χ0n) is 10.7. The lowest BCUT2D eigenvalue weighted by molar-refractivity contribution is -0.116. The lowest BCUT2D eigenvalue weighted by Gasteiger charge is -2.06. The van der Waals surface area contributed by atoms with Crippen LogP contribution in [0.2, 0.25) is 0 Å². The summed E-state index contributed by atoms with van der Waals surface area (Å²) in [5.41, 5.74) is 6.06. The minimum absolute atomic E-state index is 0.0294. The minimum Gasteiger partial charge on any atom is -0.497 e. The first-order chi connectivity index (χ1) is 9.58. The summed E-state index contributed by atoms with van der Waals surface area (Å²) in [5.74, 6) is 0.743. The first-order valence-corrected chi connectivity index (χ1v) is 6.12. The molecule has 104 valence electrons. The summed E-state index contributed by atoms with van der Waals surface area (Å²) in [7, 11) is 1.58. The molecule has 1 aromatic heterocycles. The predicted octanol–water partition coefficient (Wildman–Crippen LogP) is 0.560. The second-order valence-corrected chi connectivity index (χ2v) is 4.35. The zero-order chi connectivity index (χ0) is 14.5. The van der Waals surface area contributed by atoms with Gasteiger partial charge in [0.1, 0.15) is 23.6 Å². The van der Waals surface area contributed by atoms with Gasteiger partial charge in [-0.3, -0.25) is 4.79 Å². The summed E-state index contributed by atoms with van der Waals surface area (Å²) in [6, 6.07) is 7.02. The number of benzene rings is 1. The summed E-state index contributed by atoms with van der Waals surface area (Å²) >= 11 is 4.74. The number of carbonyl (C=O) groups is 1. The van der Waals surface area contributed by atoms with Crippen molar-refractivity contribution in [3.05, 3.63) is 36.4 Å². The Hall–Kier alpha value is -2.48. The van der Waals surface area contributed by atoms with Gasteiger partial charge in [-0.2, -0.15) is 0 Å². The van der Waals surface area contributed by atoms with Gasteiger partial charge in [0.15, 0.2) is 0 Å². The highest BCUT2D eigenvalue weighted by molar-refractivity contribution is 7.80. The summed E-state index contributed by atoms with van der Waals surface area (Å²) in [4.78, 5) is 15.8. The van der Waals surface area contributed by atoms with Gasteiger partial charge >= 0.3 is 0 Å². The molecule has 0 unspecified atom stereocenters. The molecule has 0 saturated carbocycles. The van der Waals surface area contributed by atoms with Gasteiger partial charge < -0.3 is 15.8 Å². The van der Waals surface area contributed by atoms with Crippen LogP contribution < -0.4 is 15.8 Å². The summed E-state index contributed by atoms with van der Waals surface area (Å²) in [6.45, 7) is 0.0294. The van der Waals surface area contributed by atoms with Crippen molar-refractivity contribution in [1.82, 2.24) is 14.8 Å². The Bertz CT molecular complexity index is 623. The minimum atomic E-state index is -0.227. The van der Waals surface area contributed by atoms with Crippen molar-refractivity contribution in [2.45, 2.75) is 6.54 Å². The molecule has 20 heavy (non-hydrogen) atoms. The van der Waals surface area contributed by atoms with E-state index in [4.69, 9.17) is 22.7 Å². The van der Waals surface area contributed by atoms with Crippen LogP contribution in [-0.2, 0) is 11.3 Å². The third-order valence-corrected chi connectivity index (χ3v) is 2.62. The summed E-state index contributed by atoms with van der Waals surface area (Å²) in [6.07, 6.45) is 1.40. The van der Waals surface area contributed by atoms with Crippen LogP contribution in [0.25, 0.3) is 0 Å². The highest BCUT2D eigenvalue weighted by Crippen LogP contribution is 2.14. The van der Waals surface area contributed by atoms with Crippen LogP contribution in [0, 0.1) is 0 Å². The average molecular weight is 291 g/mol. The Kier molecular flexibility index (Phi) is 4.26. The number of ether oxygens (including phenoxy) is 1. The van der Waals surface area contributed by atoms with Crippen LogP contribution in [0.15, 0.2) is 30.6 Å². The summed E-state index contributed by atoms with van der Waals surface area (Å²) < 4.78 is 6.40. The Morgan fingerprint density at radius 1 is 1.45 bits per heavy atom. The van der Waals surface area contributed by atoms with Crippen molar-refractivity contribution >= 4 is 28.8 Å². The predicted molar refractivity (Wildman–Crippen MR) is 77.5 cm³/mol. The lowest BCUT2D eigenvalue weighted by Crippen LogP contribution is -2.20. The quantitative estimate of drug-likeness (QED) is 0.782. The zero-order valence-corrected chi connectivity index (χ0v) is 11.6. The highest BCUT2D eigenvalue weighted by atomic mass is 32.1. The molecule has 1 heterocycles. The first-order valence-electron chi connectivity index (χ1n) is 5.71. The first kappa shape index (κ1) is 13.9. The molecule has 1 aromatic carbocycles. The molecule has 0 fully saturated rings. The normalized spacial score (nSPS) is 10.1. The molecule has 0 radical (unpaired) electrons. The molecule has 0 aliphatic heterocycles. The average Bonchev–Trinajstić information content (AvgIpc) is 2.88. The van der Waals surface area contributed by atoms with Gasteiger partial charge in [-0.15, -0.1) is 5.10 Å². The number of aromatic nitrogens is 3. The fourth-order valence-electron chi connectivity index (χ4n) is 1.51. The molecule has 2 rings (SSSR count). The Morgan fingerprint density at radius 2 is 2.15 bits per heavy atom. The van der Waals surface area contributed by atoms with Crippen LogP contribution >= 0.6 is 12.2 Å². The molecule has 0 atom stereocenters. The smallest absolute Gasteiger partial charge is 0.246 e. The molecule has 0 spiro atoms. The number of nitrogens with two attached hydrogens (primary N) is 1. The number of methoxy groups -OCH3 is 1. The van der Waals surface area contributed by atoms with Gasteiger partial charge in [0.2, 0.25) is 11.7 Å². The van der Waals surface area contributed by atoms with E-state index >= 15 is 0 Å². The SMILES string of the molecule is COc1ccc(NC(=O)Cn2cnc(C(N)=S)n2)cc1. The Morgan fingerprint density at radius 3 is 2.70 bits per heavy atom. The number of rotatable bonds is 5. The number of nitrogens with one attached hydrogen (secondary N) is 1. The fourth-order valence-corrected chi connectivity index (χ4v) is 1.60. The highest BCUT2D eigenvalue weighted by Gasteiger charge is 2.07. The van der Waals surface area contributed by atoms with Crippen LogP contribution in [0.1, 0.15) is 5.82 Å². The van der Waals surface area contributed by atoms with Crippen molar-refractivity contribution in [2.24, 2.45) is 5.73 Å². The second-order valence-electron chi connectivity index (χ2n) is 3.91. The molecule has 8 heteroatoms. The van der Waals surface area contributed by atoms with E-state index in [2.05, 4.69) is 15.4 Å². The topological polar surface area (TPSA) is 95.1 Å². The third-order valence-electron chi connectivity index (χ3n) is 2.44. The molecular weight excluding hydrogens is 278 g/mol. The van der Waals surface area contributed by atoms with E-state index in [0.717, 1.165) is 5.75 Å². The van der Waals surface area contributed by atoms with Crippen LogP contribution in [0.3, 0.4) is 0 Å². The number of nitrogens with zero attached hydrogens (tertiary/aromatic N) is 3. The van der Waals surface area contributed by atoms with Crippen LogP contribution in [0.5, 0.6) is 5.75 Å². The third kappa shape index (κ3) is 3.51. The number of carbonyl (C=O) groups excluding carboxylic acids is 1. The van der Waals surface area contributed by atoms with Crippen molar-refractivity contribution in [3.63, 3.8) is 0 Å². The van der Waals surface area contributed by atoms with Gasteiger partial charge in [-0.05, 0) is 24.3 Å². The number of hydrogen-bond acceptors (Lipinski definition) is 5. The van der Waals surface area contributed by atoms with E-state index in [9.17, 15) is 4.79 Å². The van der Waals surface area contributed by atoms with Crippen molar-refractivity contribution in [3.8, 4) is 5.75 Å². The van der Waals surface area contributed by atoms with Gasteiger partial charge in [0.25, 0.3) is 0 Å². The maximum Gasteiger partial charge on any atom is 0.246 e. The van der Waals surface area contributed by atoms with Crippen LogP contribution in [-0.4, -0.2) is 32.8 Å². The maximum absolute atomic E-state index is 11.8. The van der Waals surface area contributed by atoms with E-state index in [-0.39, 0.29) is 23.3 Å². The van der Waals surface area contributed by atoms with E-state index in [1.54, 1.807) is 31.4 Å². The van der Waals surface area contributed by atoms with E-state index in [1.807, 2.05) is 0 Å². The number of amides is 1. The molecular formula is C12H13N5O2S. The van der Waals surface area contributed by atoms with Gasteiger partial charge in [-0.25, -0.2) is 9.67 Å². The maximum atomic E-state index is 11.8. The monoisotopic (exact) mass is 291 g/mol. The molecule has 7 nitrogen and oxygen atoms in total.